The monoisotopic (exact) mass is 279 g/mol. The summed E-state index contributed by atoms with van der Waals surface area (Å²) < 4.78 is 13.0. The number of thiophene rings is 1. The van der Waals surface area contributed by atoms with Gasteiger partial charge in [-0.2, -0.15) is 0 Å². The first kappa shape index (κ1) is 13.5. The average molecular weight is 279 g/mol. The van der Waals surface area contributed by atoms with E-state index in [1.54, 1.807) is 12.1 Å². The van der Waals surface area contributed by atoms with Crippen molar-refractivity contribution in [1.29, 1.82) is 0 Å². The molecule has 0 amide bonds. The van der Waals surface area contributed by atoms with Gasteiger partial charge in [-0.15, -0.1) is 11.3 Å². The summed E-state index contributed by atoms with van der Waals surface area (Å²) in [6.07, 6.45) is 0. The van der Waals surface area contributed by atoms with Crippen molar-refractivity contribution in [2.24, 2.45) is 0 Å². The van der Waals surface area contributed by atoms with Crippen LogP contribution in [0, 0.1) is 5.82 Å². The van der Waals surface area contributed by atoms with Gasteiger partial charge in [0.1, 0.15) is 10.7 Å². The van der Waals surface area contributed by atoms with Crippen molar-refractivity contribution in [3.05, 3.63) is 40.5 Å². The topological polar surface area (TPSA) is 63.3 Å². The van der Waals surface area contributed by atoms with Crippen molar-refractivity contribution in [3.63, 3.8) is 0 Å². The summed E-state index contributed by atoms with van der Waals surface area (Å²) in [5, 5.41) is 9.15. The third kappa shape index (κ3) is 2.46. The number of benzene rings is 1. The van der Waals surface area contributed by atoms with Gasteiger partial charge in [0.2, 0.25) is 0 Å². The third-order valence-corrected chi connectivity index (χ3v) is 4.12. The molecule has 19 heavy (non-hydrogen) atoms. The molecule has 3 N–H and O–H groups in total. The van der Waals surface area contributed by atoms with E-state index >= 15 is 0 Å². The number of nitrogens with two attached hydrogens (primary N) is 1. The summed E-state index contributed by atoms with van der Waals surface area (Å²) in [5.41, 5.74) is 7.84. The molecule has 0 aliphatic heterocycles. The quantitative estimate of drug-likeness (QED) is 0.894. The zero-order valence-electron chi connectivity index (χ0n) is 10.6. The molecule has 0 spiro atoms. The van der Waals surface area contributed by atoms with Crippen LogP contribution in [0.25, 0.3) is 10.4 Å². The first-order chi connectivity index (χ1) is 8.91. The van der Waals surface area contributed by atoms with E-state index in [4.69, 9.17) is 10.8 Å². The van der Waals surface area contributed by atoms with Crippen LogP contribution in [0.5, 0.6) is 0 Å². The first-order valence-electron chi connectivity index (χ1n) is 5.83. The van der Waals surface area contributed by atoms with Gasteiger partial charge < -0.3 is 10.8 Å². The van der Waals surface area contributed by atoms with Gasteiger partial charge in [-0.3, -0.25) is 0 Å². The van der Waals surface area contributed by atoms with E-state index in [1.807, 2.05) is 13.8 Å². The molecule has 1 aromatic heterocycles. The van der Waals surface area contributed by atoms with E-state index in [9.17, 15) is 9.18 Å². The molecule has 0 atom stereocenters. The zero-order valence-corrected chi connectivity index (χ0v) is 11.4. The highest BCUT2D eigenvalue weighted by Gasteiger charge is 2.23. The lowest BCUT2D eigenvalue weighted by atomic mass is 9.98. The molecule has 0 saturated heterocycles. The molecule has 0 aliphatic carbocycles. The third-order valence-electron chi connectivity index (χ3n) is 2.86. The molecular weight excluding hydrogens is 265 g/mol. The molecule has 0 aliphatic rings. The normalized spacial score (nSPS) is 10.9. The lowest BCUT2D eigenvalue weighted by Crippen LogP contribution is -2.00. The second-order valence-corrected chi connectivity index (χ2v) is 5.58. The number of hydrogen-bond donors (Lipinski definition) is 2. The van der Waals surface area contributed by atoms with Gasteiger partial charge in [0.15, 0.2) is 0 Å². The number of hydrogen-bond acceptors (Lipinski definition) is 3. The van der Waals surface area contributed by atoms with Crippen LogP contribution in [0.2, 0.25) is 0 Å². The number of anilines is 1. The van der Waals surface area contributed by atoms with E-state index in [1.165, 1.54) is 12.1 Å². The molecule has 0 bridgehead atoms. The lowest BCUT2D eigenvalue weighted by molar-refractivity contribution is 0.0703. The minimum absolute atomic E-state index is 0.101. The number of carboxylic acids is 1. The van der Waals surface area contributed by atoms with Gasteiger partial charge in [-0.05, 0) is 29.2 Å². The molecule has 0 unspecified atom stereocenters. The van der Waals surface area contributed by atoms with Crippen LogP contribution in [0.15, 0.2) is 24.3 Å². The van der Waals surface area contributed by atoms with Gasteiger partial charge in [-0.1, -0.05) is 26.0 Å². The Bertz CT molecular complexity index is 617. The van der Waals surface area contributed by atoms with E-state index in [0.29, 0.717) is 5.69 Å². The summed E-state index contributed by atoms with van der Waals surface area (Å²) in [4.78, 5) is 12.1. The van der Waals surface area contributed by atoms with Crippen LogP contribution in [0.3, 0.4) is 0 Å². The van der Waals surface area contributed by atoms with Gasteiger partial charge in [0.25, 0.3) is 0 Å². The number of nitrogen functional groups attached to an aromatic ring is 1. The summed E-state index contributed by atoms with van der Waals surface area (Å²) in [6.45, 7) is 3.91. The number of rotatable bonds is 3. The van der Waals surface area contributed by atoms with Crippen molar-refractivity contribution in [2.45, 2.75) is 19.8 Å². The van der Waals surface area contributed by atoms with Gasteiger partial charge in [0, 0.05) is 4.88 Å². The Labute approximate surface area is 114 Å². The summed E-state index contributed by atoms with van der Waals surface area (Å²) in [6, 6.07) is 5.99. The molecule has 2 aromatic rings. The highest BCUT2D eigenvalue weighted by molar-refractivity contribution is 7.18. The molecule has 100 valence electrons. The lowest BCUT2D eigenvalue weighted by Gasteiger charge is -2.08. The van der Waals surface area contributed by atoms with Crippen molar-refractivity contribution >= 4 is 23.0 Å². The molecule has 5 heteroatoms. The summed E-state index contributed by atoms with van der Waals surface area (Å²) in [7, 11) is 0. The van der Waals surface area contributed by atoms with E-state index < -0.39 is 5.97 Å². The summed E-state index contributed by atoms with van der Waals surface area (Å²) >= 11 is 1.13. The molecule has 0 saturated carbocycles. The van der Waals surface area contributed by atoms with E-state index in [-0.39, 0.29) is 16.6 Å². The number of carbonyl (C=O) groups is 1. The Balaban J connectivity index is 2.65. The Kier molecular flexibility index (Phi) is 3.57. The Morgan fingerprint density at radius 1 is 1.32 bits per heavy atom. The van der Waals surface area contributed by atoms with E-state index in [2.05, 4.69) is 0 Å². The van der Waals surface area contributed by atoms with Crippen LogP contribution in [-0.2, 0) is 0 Å². The fourth-order valence-electron chi connectivity index (χ4n) is 2.00. The predicted octanol–water partition coefficient (Wildman–Crippen LogP) is 3.96. The average Bonchev–Trinajstić information content (AvgIpc) is 2.68. The molecule has 2 rings (SSSR count). The molecule has 1 heterocycles. The molecular formula is C14H14FNO2S. The maximum absolute atomic E-state index is 13.0. The fourth-order valence-corrected chi connectivity index (χ4v) is 3.23. The maximum Gasteiger partial charge on any atom is 0.348 e. The Morgan fingerprint density at radius 2 is 1.89 bits per heavy atom. The molecule has 0 fully saturated rings. The van der Waals surface area contributed by atoms with Crippen LogP contribution < -0.4 is 5.73 Å². The Morgan fingerprint density at radius 3 is 2.37 bits per heavy atom. The zero-order chi connectivity index (χ0) is 14.2. The van der Waals surface area contributed by atoms with Crippen molar-refractivity contribution in [1.82, 2.24) is 0 Å². The van der Waals surface area contributed by atoms with Crippen LogP contribution >= 0.6 is 11.3 Å². The van der Waals surface area contributed by atoms with Crippen LogP contribution in [0.4, 0.5) is 10.1 Å². The standard InChI is InChI=1S/C14H14FNO2S/c1-7(2)10-11(16)13(14(17)18)19-12(10)8-3-5-9(15)6-4-8/h3-7H,16H2,1-2H3,(H,17,18). The van der Waals surface area contributed by atoms with Gasteiger partial charge >= 0.3 is 5.97 Å². The molecule has 3 nitrogen and oxygen atoms in total. The number of halogens is 1. The van der Waals surface area contributed by atoms with Gasteiger partial charge in [0.05, 0.1) is 5.69 Å². The maximum atomic E-state index is 13.0. The van der Waals surface area contributed by atoms with E-state index in [0.717, 1.165) is 27.3 Å². The predicted molar refractivity (Wildman–Crippen MR) is 75.2 cm³/mol. The van der Waals surface area contributed by atoms with Gasteiger partial charge in [-0.25, -0.2) is 9.18 Å². The van der Waals surface area contributed by atoms with Crippen LogP contribution in [0.1, 0.15) is 35.0 Å². The number of carboxylic acid groups (broad SMARTS) is 1. The van der Waals surface area contributed by atoms with Crippen molar-refractivity contribution < 1.29 is 14.3 Å². The fraction of sp³-hybridized carbons (Fsp3) is 0.214. The van der Waals surface area contributed by atoms with Crippen molar-refractivity contribution in [2.75, 3.05) is 5.73 Å². The van der Waals surface area contributed by atoms with Crippen molar-refractivity contribution in [3.8, 4) is 10.4 Å². The number of aromatic carboxylic acids is 1. The molecule has 1 aromatic carbocycles. The minimum atomic E-state index is -1.03. The largest absolute Gasteiger partial charge is 0.477 e. The SMILES string of the molecule is CC(C)c1c(-c2ccc(F)cc2)sc(C(=O)O)c1N. The van der Waals surface area contributed by atoms with Crippen LogP contribution in [-0.4, -0.2) is 11.1 Å². The highest BCUT2D eigenvalue weighted by Crippen LogP contribution is 2.42. The minimum Gasteiger partial charge on any atom is -0.477 e. The molecule has 0 radical (unpaired) electrons. The second kappa shape index (κ2) is 5.01. The Hall–Kier alpha value is -1.88. The first-order valence-corrected chi connectivity index (χ1v) is 6.64. The smallest absolute Gasteiger partial charge is 0.348 e. The summed E-state index contributed by atoms with van der Waals surface area (Å²) in [5.74, 6) is -1.25. The second-order valence-electron chi connectivity index (χ2n) is 4.55. The highest BCUT2D eigenvalue weighted by atomic mass is 32.1.